The van der Waals surface area contributed by atoms with Crippen LogP contribution in [0.15, 0.2) is 71.6 Å². The van der Waals surface area contributed by atoms with E-state index in [0.29, 0.717) is 34.9 Å². The van der Waals surface area contributed by atoms with Crippen LogP contribution in [0.3, 0.4) is 0 Å². The third kappa shape index (κ3) is 6.23. The minimum atomic E-state index is -4.06. The maximum atomic E-state index is 13.6. The lowest BCUT2D eigenvalue weighted by Crippen LogP contribution is -2.38. The maximum absolute atomic E-state index is 13.6. The Hall–Kier alpha value is -3.85. The van der Waals surface area contributed by atoms with E-state index in [1.165, 1.54) is 12.1 Å². The second-order valence-corrected chi connectivity index (χ2v) is 9.86. The first kappa shape index (κ1) is 26.7. The van der Waals surface area contributed by atoms with E-state index in [1.54, 1.807) is 68.4 Å². The molecule has 3 rings (SSSR count). The largest absolute Gasteiger partial charge is 0.494 e. The zero-order chi connectivity index (χ0) is 26.3. The number of benzene rings is 3. The van der Waals surface area contributed by atoms with Crippen LogP contribution in [0, 0.1) is 13.8 Å². The van der Waals surface area contributed by atoms with E-state index in [1.807, 2.05) is 13.8 Å². The van der Waals surface area contributed by atoms with Crippen LogP contribution in [0.4, 0.5) is 11.4 Å². The van der Waals surface area contributed by atoms with Gasteiger partial charge < -0.3 is 14.8 Å². The molecule has 0 saturated heterocycles. The summed E-state index contributed by atoms with van der Waals surface area (Å²) in [5, 5.41) is 2.73. The van der Waals surface area contributed by atoms with Crippen LogP contribution in [-0.2, 0) is 19.6 Å². The zero-order valence-corrected chi connectivity index (χ0v) is 21.6. The van der Waals surface area contributed by atoms with E-state index >= 15 is 0 Å². The number of anilines is 2. The molecule has 0 spiro atoms. The third-order valence-corrected chi connectivity index (χ3v) is 7.22. The fourth-order valence-electron chi connectivity index (χ4n) is 3.55. The van der Waals surface area contributed by atoms with Gasteiger partial charge in [0, 0.05) is 5.69 Å². The van der Waals surface area contributed by atoms with Crippen LogP contribution in [0.2, 0.25) is 0 Å². The molecule has 0 fully saturated rings. The number of amides is 1. The monoisotopic (exact) mass is 510 g/mol. The first-order valence-corrected chi connectivity index (χ1v) is 13.0. The molecule has 1 N–H and O–H groups in total. The second kappa shape index (κ2) is 11.7. The van der Waals surface area contributed by atoms with Crippen molar-refractivity contribution in [3.05, 3.63) is 83.4 Å². The molecule has 3 aromatic carbocycles. The molecule has 9 heteroatoms. The minimum Gasteiger partial charge on any atom is -0.494 e. The minimum absolute atomic E-state index is 0.0651. The molecular formula is C27H30N2O6S. The summed E-state index contributed by atoms with van der Waals surface area (Å²) in [4.78, 5) is 25.4. The van der Waals surface area contributed by atoms with Gasteiger partial charge in [0.25, 0.3) is 10.0 Å². The van der Waals surface area contributed by atoms with Crippen LogP contribution >= 0.6 is 0 Å². The Kier molecular flexibility index (Phi) is 8.71. The van der Waals surface area contributed by atoms with Gasteiger partial charge in [0.15, 0.2) is 0 Å². The van der Waals surface area contributed by atoms with Crippen molar-refractivity contribution in [3.63, 3.8) is 0 Å². The Labute approximate surface area is 211 Å². The van der Waals surface area contributed by atoms with Gasteiger partial charge in [-0.3, -0.25) is 9.10 Å². The standard InChI is InChI=1S/C27H30N2O6S/c1-5-34-22-14-12-21(13-15-22)29(36(32,33)23-16-10-19(3)11-17-23)18-26(30)28-25-9-7-8-24(20(25)4)27(31)35-6-2/h7-17H,5-6,18H2,1-4H3,(H,28,30). The zero-order valence-electron chi connectivity index (χ0n) is 20.8. The summed E-state index contributed by atoms with van der Waals surface area (Å²) in [6.07, 6.45) is 0. The van der Waals surface area contributed by atoms with Gasteiger partial charge in [-0.25, -0.2) is 13.2 Å². The van der Waals surface area contributed by atoms with Crippen LogP contribution in [-0.4, -0.2) is 40.1 Å². The molecule has 0 heterocycles. The molecule has 3 aromatic rings. The van der Waals surface area contributed by atoms with E-state index < -0.39 is 28.4 Å². The first-order valence-electron chi connectivity index (χ1n) is 11.6. The number of hydrogen-bond acceptors (Lipinski definition) is 6. The summed E-state index contributed by atoms with van der Waals surface area (Å²) in [7, 11) is -4.06. The highest BCUT2D eigenvalue weighted by molar-refractivity contribution is 7.92. The van der Waals surface area contributed by atoms with Crippen LogP contribution in [0.1, 0.15) is 35.3 Å². The Morgan fingerprint density at radius 3 is 2.17 bits per heavy atom. The lowest BCUT2D eigenvalue weighted by molar-refractivity contribution is -0.114. The average molecular weight is 511 g/mol. The van der Waals surface area contributed by atoms with Gasteiger partial charge in [-0.15, -0.1) is 0 Å². The van der Waals surface area contributed by atoms with Crippen molar-refractivity contribution < 1.29 is 27.5 Å². The highest BCUT2D eigenvalue weighted by Gasteiger charge is 2.27. The van der Waals surface area contributed by atoms with Crippen molar-refractivity contribution in [1.82, 2.24) is 0 Å². The molecule has 1 amide bonds. The molecule has 0 aliphatic heterocycles. The van der Waals surface area contributed by atoms with Crippen molar-refractivity contribution in [2.24, 2.45) is 0 Å². The quantitative estimate of drug-likeness (QED) is 0.396. The van der Waals surface area contributed by atoms with Crippen LogP contribution in [0.25, 0.3) is 0 Å². The lowest BCUT2D eigenvalue weighted by atomic mass is 10.1. The number of rotatable bonds is 10. The summed E-state index contributed by atoms with van der Waals surface area (Å²) >= 11 is 0. The fraction of sp³-hybridized carbons (Fsp3) is 0.259. The fourth-order valence-corrected chi connectivity index (χ4v) is 4.97. The highest BCUT2D eigenvalue weighted by atomic mass is 32.2. The summed E-state index contributed by atoms with van der Waals surface area (Å²) in [6.45, 7) is 7.33. The van der Waals surface area contributed by atoms with Crippen molar-refractivity contribution in [3.8, 4) is 5.75 Å². The molecule has 0 aromatic heterocycles. The number of nitrogens with zero attached hydrogens (tertiary/aromatic N) is 1. The smallest absolute Gasteiger partial charge is 0.338 e. The van der Waals surface area contributed by atoms with E-state index in [0.717, 1.165) is 9.87 Å². The molecule has 0 aliphatic carbocycles. The number of sulfonamides is 1. The average Bonchev–Trinajstić information content (AvgIpc) is 2.85. The lowest BCUT2D eigenvalue weighted by Gasteiger charge is -2.24. The van der Waals surface area contributed by atoms with Gasteiger partial charge in [0.2, 0.25) is 5.91 Å². The van der Waals surface area contributed by atoms with Gasteiger partial charge in [-0.2, -0.15) is 0 Å². The molecule has 0 atom stereocenters. The van der Waals surface area contributed by atoms with Gasteiger partial charge in [0.1, 0.15) is 12.3 Å². The molecule has 0 saturated carbocycles. The Balaban J connectivity index is 1.93. The third-order valence-electron chi connectivity index (χ3n) is 5.44. The predicted octanol–water partition coefficient (Wildman–Crippen LogP) is 4.71. The number of esters is 1. The topological polar surface area (TPSA) is 102 Å². The van der Waals surface area contributed by atoms with E-state index in [9.17, 15) is 18.0 Å². The molecule has 0 unspecified atom stereocenters. The molecule has 36 heavy (non-hydrogen) atoms. The molecule has 0 radical (unpaired) electrons. The van der Waals surface area contributed by atoms with Crippen LogP contribution in [0.5, 0.6) is 5.75 Å². The van der Waals surface area contributed by atoms with Gasteiger partial charge in [0.05, 0.1) is 29.4 Å². The maximum Gasteiger partial charge on any atom is 0.338 e. The van der Waals surface area contributed by atoms with E-state index in [-0.39, 0.29) is 11.5 Å². The Morgan fingerprint density at radius 2 is 1.56 bits per heavy atom. The van der Waals surface area contributed by atoms with Crippen LogP contribution < -0.4 is 14.4 Å². The predicted molar refractivity (Wildman–Crippen MR) is 139 cm³/mol. The number of nitrogens with one attached hydrogen (secondary N) is 1. The number of carbonyl (C=O) groups is 2. The number of ether oxygens (including phenoxy) is 2. The highest BCUT2D eigenvalue weighted by Crippen LogP contribution is 2.27. The van der Waals surface area contributed by atoms with Gasteiger partial charge >= 0.3 is 5.97 Å². The van der Waals surface area contributed by atoms with Crippen molar-refractivity contribution in [2.45, 2.75) is 32.6 Å². The molecule has 0 aliphatic rings. The number of carbonyl (C=O) groups excluding carboxylic acids is 2. The van der Waals surface area contributed by atoms with E-state index in [4.69, 9.17) is 9.47 Å². The van der Waals surface area contributed by atoms with Crippen molar-refractivity contribution in [1.29, 1.82) is 0 Å². The van der Waals surface area contributed by atoms with E-state index in [2.05, 4.69) is 5.32 Å². The Morgan fingerprint density at radius 1 is 0.889 bits per heavy atom. The molecule has 190 valence electrons. The normalized spacial score (nSPS) is 11.0. The summed E-state index contributed by atoms with van der Waals surface area (Å²) in [6, 6.07) is 17.8. The second-order valence-electron chi connectivity index (χ2n) is 8.00. The first-order chi connectivity index (χ1) is 17.2. The van der Waals surface area contributed by atoms with Gasteiger partial charge in [-0.05, 0) is 81.8 Å². The van der Waals surface area contributed by atoms with Crippen molar-refractivity contribution >= 4 is 33.3 Å². The number of aryl methyl sites for hydroxylation is 1. The SMILES string of the molecule is CCOC(=O)c1cccc(NC(=O)CN(c2ccc(OCC)cc2)S(=O)(=O)c2ccc(C)cc2)c1C. The molecule has 0 bridgehead atoms. The number of hydrogen-bond donors (Lipinski definition) is 1. The summed E-state index contributed by atoms with van der Waals surface area (Å²) in [5.74, 6) is -0.475. The summed E-state index contributed by atoms with van der Waals surface area (Å²) < 4.78 is 38.7. The summed E-state index contributed by atoms with van der Waals surface area (Å²) in [5.41, 5.74) is 2.47. The molecular weight excluding hydrogens is 480 g/mol. The molecule has 8 nitrogen and oxygen atoms in total. The Bertz CT molecular complexity index is 1320. The van der Waals surface area contributed by atoms with Crippen molar-refractivity contribution in [2.75, 3.05) is 29.4 Å². The van der Waals surface area contributed by atoms with Gasteiger partial charge in [-0.1, -0.05) is 23.8 Å².